The molecule has 0 saturated heterocycles. The van der Waals surface area contributed by atoms with Crippen molar-refractivity contribution in [2.75, 3.05) is 22.5 Å². The van der Waals surface area contributed by atoms with E-state index in [0.717, 1.165) is 5.56 Å². The molecule has 1 amide bonds. The lowest BCUT2D eigenvalue weighted by atomic mass is 10.1. The van der Waals surface area contributed by atoms with Crippen LogP contribution in [0.3, 0.4) is 0 Å². The van der Waals surface area contributed by atoms with Crippen molar-refractivity contribution in [3.8, 4) is 6.07 Å². The minimum Gasteiger partial charge on any atom is -0.371 e. The van der Waals surface area contributed by atoms with E-state index in [1.165, 1.54) is 12.3 Å². The first-order valence-corrected chi connectivity index (χ1v) is 9.30. The van der Waals surface area contributed by atoms with E-state index < -0.39 is 29.0 Å². The van der Waals surface area contributed by atoms with Crippen LogP contribution in [0.2, 0.25) is 0 Å². The number of anilines is 4. The normalized spacial score (nSPS) is 10.9. The Kier molecular flexibility index (Phi) is 6.59. The summed E-state index contributed by atoms with van der Waals surface area (Å²) in [5, 5.41) is 17.0. The molecule has 3 rings (SSSR count). The Balaban J connectivity index is 1.96. The van der Waals surface area contributed by atoms with E-state index in [1.54, 1.807) is 12.1 Å². The molecule has 32 heavy (non-hydrogen) atoms. The van der Waals surface area contributed by atoms with Gasteiger partial charge in [0, 0.05) is 11.3 Å². The van der Waals surface area contributed by atoms with Crippen LogP contribution in [0.1, 0.15) is 21.5 Å². The first-order chi connectivity index (χ1) is 15.2. The van der Waals surface area contributed by atoms with Crippen molar-refractivity contribution in [1.29, 1.82) is 5.26 Å². The number of amides is 1. The summed E-state index contributed by atoms with van der Waals surface area (Å²) in [7, 11) is 0. The van der Waals surface area contributed by atoms with E-state index in [-0.39, 0.29) is 18.1 Å². The number of nitriles is 1. The van der Waals surface area contributed by atoms with Crippen molar-refractivity contribution in [3.63, 3.8) is 0 Å². The molecule has 10 heteroatoms. The van der Waals surface area contributed by atoms with E-state index in [1.807, 2.05) is 25.1 Å². The number of para-hydroxylation sites is 1. The molecule has 3 aromatic rings. The fraction of sp³-hybridized carbons (Fsp3) is 0.136. The van der Waals surface area contributed by atoms with E-state index in [9.17, 15) is 22.4 Å². The van der Waals surface area contributed by atoms with Crippen LogP contribution in [0.4, 0.5) is 40.4 Å². The van der Waals surface area contributed by atoms with Gasteiger partial charge >= 0.3 is 6.18 Å². The van der Waals surface area contributed by atoms with E-state index in [4.69, 9.17) is 5.26 Å². The van der Waals surface area contributed by atoms with Crippen LogP contribution < -0.4 is 16.0 Å². The zero-order chi connectivity index (χ0) is 23.3. The van der Waals surface area contributed by atoms with Crippen molar-refractivity contribution < 1.29 is 22.4 Å². The van der Waals surface area contributed by atoms with Crippen LogP contribution in [0, 0.1) is 24.1 Å². The van der Waals surface area contributed by atoms with Gasteiger partial charge in [-0.3, -0.25) is 4.79 Å². The summed E-state index contributed by atoms with van der Waals surface area (Å²) < 4.78 is 52.7. The Bertz CT molecular complexity index is 1190. The minimum atomic E-state index is -4.81. The lowest BCUT2D eigenvalue weighted by Gasteiger charge is -2.16. The number of aromatic nitrogens is 1. The molecular formula is C22H17F4N5O. The molecule has 0 atom stereocenters. The van der Waals surface area contributed by atoms with Gasteiger partial charge in [-0.1, -0.05) is 18.2 Å². The van der Waals surface area contributed by atoms with Gasteiger partial charge in [0.15, 0.2) is 5.82 Å². The highest BCUT2D eigenvalue weighted by Crippen LogP contribution is 2.32. The second-order valence-electron chi connectivity index (χ2n) is 6.75. The number of pyridine rings is 1. The molecule has 0 spiro atoms. The standard InChI is InChI=1S/C22H17F4N5O/c1-13-4-2-3-5-18(13)30-20-19(11-17(12-29-20)28-7-6-27)31-21(32)14-8-15(22(24,25)26)10-16(23)9-14/h2-5,8-12,28H,7H2,1H3,(H,29,30)(H,31,32). The van der Waals surface area contributed by atoms with Crippen LogP contribution in [-0.4, -0.2) is 17.4 Å². The summed E-state index contributed by atoms with van der Waals surface area (Å²) in [6.07, 6.45) is -3.38. The van der Waals surface area contributed by atoms with Crippen molar-refractivity contribution in [1.82, 2.24) is 4.98 Å². The number of carbonyl (C=O) groups is 1. The predicted octanol–water partition coefficient (Wildman–Crippen LogP) is 5.48. The molecule has 1 heterocycles. The highest BCUT2D eigenvalue weighted by atomic mass is 19.4. The number of rotatable bonds is 6. The highest BCUT2D eigenvalue weighted by Gasteiger charge is 2.32. The average molecular weight is 443 g/mol. The third kappa shape index (κ3) is 5.51. The van der Waals surface area contributed by atoms with E-state index in [0.29, 0.717) is 29.6 Å². The molecule has 0 aliphatic heterocycles. The Hall–Kier alpha value is -4.13. The van der Waals surface area contributed by atoms with Gasteiger partial charge in [0.2, 0.25) is 0 Å². The Morgan fingerprint density at radius 3 is 2.56 bits per heavy atom. The number of alkyl halides is 3. The van der Waals surface area contributed by atoms with Crippen LogP contribution >= 0.6 is 0 Å². The quantitative estimate of drug-likeness (QED) is 0.347. The molecule has 0 radical (unpaired) electrons. The van der Waals surface area contributed by atoms with E-state index >= 15 is 0 Å². The fourth-order valence-corrected chi connectivity index (χ4v) is 2.82. The number of nitrogens with one attached hydrogen (secondary N) is 3. The van der Waals surface area contributed by atoms with Gasteiger partial charge in [0.05, 0.1) is 29.2 Å². The fourth-order valence-electron chi connectivity index (χ4n) is 2.82. The molecular weight excluding hydrogens is 426 g/mol. The molecule has 0 unspecified atom stereocenters. The summed E-state index contributed by atoms with van der Waals surface area (Å²) in [5.74, 6) is -1.93. The summed E-state index contributed by atoms with van der Waals surface area (Å²) in [4.78, 5) is 16.9. The van der Waals surface area contributed by atoms with E-state index in [2.05, 4.69) is 20.9 Å². The summed E-state index contributed by atoms with van der Waals surface area (Å²) in [6, 6.07) is 12.2. The summed E-state index contributed by atoms with van der Waals surface area (Å²) >= 11 is 0. The second kappa shape index (κ2) is 9.34. The topological polar surface area (TPSA) is 89.8 Å². The summed E-state index contributed by atoms with van der Waals surface area (Å²) in [5.41, 5.74) is 0.320. The van der Waals surface area contributed by atoms with Crippen molar-refractivity contribution in [2.24, 2.45) is 0 Å². The highest BCUT2D eigenvalue weighted by molar-refractivity contribution is 6.06. The SMILES string of the molecule is Cc1ccccc1Nc1ncc(NCC#N)cc1NC(=O)c1cc(F)cc(C(F)(F)F)c1. The molecule has 2 aromatic carbocycles. The maximum Gasteiger partial charge on any atom is 0.416 e. The third-order valence-electron chi connectivity index (χ3n) is 4.39. The van der Waals surface area contributed by atoms with Crippen LogP contribution in [0.15, 0.2) is 54.7 Å². The van der Waals surface area contributed by atoms with Gasteiger partial charge in [-0.25, -0.2) is 9.37 Å². The monoisotopic (exact) mass is 443 g/mol. The maximum absolute atomic E-state index is 13.7. The molecule has 0 bridgehead atoms. The maximum atomic E-state index is 13.7. The molecule has 0 aliphatic carbocycles. The first-order valence-electron chi connectivity index (χ1n) is 9.30. The van der Waals surface area contributed by atoms with Crippen LogP contribution in [0.25, 0.3) is 0 Å². The lowest BCUT2D eigenvalue weighted by molar-refractivity contribution is -0.137. The number of halogens is 4. The van der Waals surface area contributed by atoms with Crippen molar-refractivity contribution >= 4 is 28.8 Å². The molecule has 0 aliphatic rings. The van der Waals surface area contributed by atoms with Gasteiger partial charge in [-0.05, 0) is 42.8 Å². The number of carbonyl (C=O) groups excluding carboxylic acids is 1. The molecule has 164 valence electrons. The average Bonchev–Trinajstić information content (AvgIpc) is 2.74. The van der Waals surface area contributed by atoms with Crippen molar-refractivity contribution in [2.45, 2.75) is 13.1 Å². The number of aryl methyl sites for hydroxylation is 1. The Morgan fingerprint density at radius 2 is 1.88 bits per heavy atom. The molecule has 3 N–H and O–H groups in total. The zero-order valence-corrected chi connectivity index (χ0v) is 16.7. The number of nitrogens with zero attached hydrogens (tertiary/aromatic N) is 2. The van der Waals surface area contributed by atoms with Crippen LogP contribution in [-0.2, 0) is 6.18 Å². The van der Waals surface area contributed by atoms with Gasteiger partial charge in [0.1, 0.15) is 12.4 Å². The smallest absolute Gasteiger partial charge is 0.371 e. The number of benzene rings is 2. The largest absolute Gasteiger partial charge is 0.416 e. The molecule has 1 aromatic heterocycles. The summed E-state index contributed by atoms with van der Waals surface area (Å²) in [6.45, 7) is 1.83. The second-order valence-corrected chi connectivity index (χ2v) is 6.75. The number of hydrogen-bond donors (Lipinski definition) is 3. The molecule has 6 nitrogen and oxygen atoms in total. The lowest BCUT2D eigenvalue weighted by Crippen LogP contribution is -2.16. The predicted molar refractivity (Wildman–Crippen MR) is 112 cm³/mol. The zero-order valence-electron chi connectivity index (χ0n) is 16.7. The molecule has 0 saturated carbocycles. The Morgan fingerprint density at radius 1 is 1.12 bits per heavy atom. The third-order valence-corrected chi connectivity index (χ3v) is 4.39. The number of hydrogen-bond acceptors (Lipinski definition) is 5. The minimum absolute atomic E-state index is 0.0293. The van der Waals surface area contributed by atoms with Gasteiger partial charge in [-0.15, -0.1) is 0 Å². The van der Waals surface area contributed by atoms with Gasteiger partial charge in [-0.2, -0.15) is 18.4 Å². The molecule has 0 fully saturated rings. The van der Waals surface area contributed by atoms with Crippen LogP contribution in [0.5, 0.6) is 0 Å². The van der Waals surface area contributed by atoms with Gasteiger partial charge in [0.25, 0.3) is 5.91 Å². The van der Waals surface area contributed by atoms with Crippen molar-refractivity contribution in [3.05, 3.63) is 77.2 Å². The van der Waals surface area contributed by atoms with Gasteiger partial charge < -0.3 is 16.0 Å². The first kappa shape index (κ1) is 22.6. The Labute approximate surface area is 180 Å².